The van der Waals surface area contributed by atoms with Gasteiger partial charge in [0.15, 0.2) is 9.84 Å². The first-order valence-electron chi connectivity index (χ1n) is 13.1. The molecule has 1 saturated heterocycles. The second-order valence-electron chi connectivity index (χ2n) is 10.1. The third kappa shape index (κ3) is 5.67. The fourth-order valence-corrected chi connectivity index (χ4v) is 7.49. The number of amides is 1. The highest BCUT2D eigenvalue weighted by Crippen LogP contribution is 2.40. The summed E-state index contributed by atoms with van der Waals surface area (Å²) in [5.74, 6) is 0.311. The Labute approximate surface area is 229 Å². The molecular formula is C31H33N3O4S. The van der Waals surface area contributed by atoms with Crippen LogP contribution < -0.4 is 10.1 Å². The van der Waals surface area contributed by atoms with Crippen molar-refractivity contribution >= 4 is 26.6 Å². The van der Waals surface area contributed by atoms with Gasteiger partial charge in [-0.15, -0.1) is 0 Å². The molecule has 0 bridgehead atoms. The lowest BCUT2D eigenvalue weighted by Gasteiger charge is -2.42. The van der Waals surface area contributed by atoms with Gasteiger partial charge < -0.3 is 10.1 Å². The molecule has 1 unspecified atom stereocenters. The number of para-hydroxylation sites is 1. The molecule has 0 radical (unpaired) electrons. The quantitative estimate of drug-likeness (QED) is 0.355. The summed E-state index contributed by atoms with van der Waals surface area (Å²) in [4.78, 5) is 19.4. The molecule has 2 heterocycles. The molecule has 0 spiro atoms. The molecule has 1 aromatic heterocycles. The second-order valence-corrected chi connectivity index (χ2v) is 12.5. The van der Waals surface area contributed by atoms with Gasteiger partial charge in [-0.25, -0.2) is 8.42 Å². The Bertz CT molecular complexity index is 1570. The molecule has 3 aromatic carbocycles. The number of nitrogens with zero attached hydrogens (tertiary/aromatic N) is 2. The maximum Gasteiger partial charge on any atom is 0.221 e. The lowest BCUT2D eigenvalue weighted by molar-refractivity contribution is -0.121. The third-order valence-electron chi connectivity index (χ3n) is 7.43. The number of hydrogen-bond acceptors (Lipinski definition) is 6. The molecular weight excluding hydrogens is 510 g/mol. The van der Waals surface area contributed by atoms with E-state index in [1.54, 1.807) is 24.3 Å². The lowest BCUT2D eigenvalue weighted by Crippen LogP contribution is -2.55. The summed E-state index contributed by atoms with van der Waals surface area (Å²) in [6.45, 7) is 3.60. The molecule has 1 amide bonds. The van der Waals surface area contributed by atoms with E-state index in [4.69, 9.17) is 4.74 Å². The van der Waals surface area contributed by atoms with Crippen LogP contribution in [0.5, 0.6) is 5.75 Å². The number of sulfone groups is 1. The Morgan fingerprint density at radius 2 is 1.74 bits per heavy atom. The monoisotopic (exact) mass is 543 g/mol. The normalized spacial score (nSPS) is 19.0. The number of fused-ring (bicyclic) bond motifs is 1. The molecule has 0 saturated carbocycles. The topological polar surface area (TPSA) is 88.6 Å². The van der Waals surface area contributed by atoms with Crippen molar-refractivity contribution in [1.82, 2.24) is 15.2 Å². The van der Waals surface area contributed by atoms with Crippen LogP contribution >= 0.6 is 0 Å². The van der Waals surface area contributed by atoms with Crippen molar-refractivity contribution in [1.29, 1.82) is 0 Å². The highest BCUT2D eigenvalue weighted by molar-refractivity contribution is 7.92. The Morgan fingerprint density at radius 3 is 2.49 bits per heavy atom. The zero-order valence-corrected chi connectivity index (χ0v) is 23.1. The average Bonchev–Trinajstić information content (AvgIpc) is 2.94. The molecule has 7 nitrogen and oxygen atoms in total. The number of benzene rings is 3. The number of aromatic nitrogens is 1. The zero-order chi connectivity index (χ0) is 27.5. The van der Waals surface area contributed by atoms with E-state index in [0.717, 1.165) is 27.7 Å². The van der Waals surface area contributed by atoms with Crippen molar-refractivity contribution in [2.45, 2.75) is 31.2 Å². The van der Waals surface area contributed by atoms with Crippen LogP contribution in [0, 0.1) is 6.92 Å². The van der Waals surface area contributed by atoms with Crippen LogP contribution in [0.25, 0.3) is 10.9 Å². The first-order chi connectivity index (χ1) is 18.8. The average molecular weight is 544 g/mol. The first kappa shape index (κ1) is 26.8. The summed E-state index contributed by atoms with van der Waals surface area (Å²) in [6.07, 6.45) is -0.139. The van der Waals surface area contributed by atoms with Gasteiger partial charge in [-0.2, -0.15) is 0 Å². The Morgan fingerprint density at radius 1 is 1.03 bits per heavy atom. The Hall–Kier alpha value is -3.75. The van der Waals surface area contributed by atoms with Gasteiger partial charge >= 0.3 is 0 Å². The van der Waals surface area contributed by atoms with Crippen LogP contribution in [0.2, 0.25) is 0 Å². The van der Waals surface area contributed by atoms with Gasteiger partial charge in [0, 0.05) is 43.3 Å². The van der Waals surface area contributed by atoms with Crippen LogP contribution in [0.1, 0.15) is 28.8 Å². The van der Waals surface area contributed by atoms with Crippen molar-refractivity contribution in [2.75, 3.05) is 25.9 Å². The van der Waals surface area contributed by atoms with E-state index >= 15 is 0 Å². The number of aryl methyl sites for hydroxylation is 1. The van der Waals surface area contributed by atoms with Crippen molar-refractivity contribution in [3.8, 4) is 5.75 Å². The molecule has 1 fully saturated rings. The van der Waals surface area contributed by atoms with Gasteiger partial charge in [0.25, 0.3) is 0 Å². The number of nitrogens with one attached hydrogen (secondary N) is 1. The predicted molar refractivity (Wildman–Crippen MR) is 153 cm³/mol. The predicted octanol–water partition coefficient (Wildman–Crippen LogP) is 4.38. The van der Waals surface area contributed by atoms with E-state index < -0.39 is 14.6 Å². The minimum atomic E-state index is -3.62. The fraction of sp³-hybridized carbons (Fsp3) is 0.290. The van der Waals surface area contributed by atoms with Crippen LogP contribution in [-0.2, 0) is 32.5 Å². The van der Waals surface area contributed by atoms with Crippen LogP contribution in [0.4, 0.5) is 0 Å². The molecule has 4 aromatic rings. The summed E-state index contributed by atoms with van der Waals surface area (Å²) in [6, 6.07) is 27.1. The summed E-state index contributed by atoms with van der Waals surface area (Å²) < 4.78 is 32.1. The lowest BCUT2D eigenvalue weighted by atomic mass is 9.92. The van der Waals surface area contributed by atoms with Gasteiger partial charge in [0.05, 0.1) is 17.7 Å². The number of carbonyl (C=O) groups excluding carboxylic acids is 1. The summed E-state index contributed by atoms with van der Waals surface area (Å²) in [7, 11) is -2.08. The van der Waals surface area contributed by atoms with E-state index in [1.807, 2.05) is 67.6 Å². The SMILES string of the molecule is CNC(=O)CC1(c2ccc(OCc3cc(C)nc4ccccc34)cc2)CN(Cc2ccccc2)CCS1(=O)=O. The number of hydrogen-bond donors (Lipinski definition) is 1. The largest absolute Gasteiger partial charge is 0.489 e. The number of carbonyl (C=O) groups is 1. The first-order valence-corrected chi connectivity index (χ1v) is 14.7. The molecule has 1 aliphatic rings. The minimum Gasteiger partial charge on any atom is -0.489 e. The molecule has 0 aliphatic carbocycles. The van der Waals surface area contributed by atoms with Gasteiger partial charge in [-0.1, -0.05) is 60.7 Å². The van der Waals surface area contributed by atoms with Gasteiger partial charge in [0.2, 0.25) is 5.91 Å². The van der Waals surface area contributed by atoms with E-state index in [0.29, 0.717) is 31.0 Å². The smallest absolute Gasteiger partial charge is 0.221 e. The van der Waals surface area contributed by atoms with E-state index in [-0.39, 0.29) is 24.6 Å². The van der Waals surface area contributed by atoms with Crippen molar-refractivity contribution in [3.05, 3.63) is 107 Å². The van der Waals surface area contributed by atoms with Gasteiger partial charge in [-0.05, 0) is 42.3 Å². The molecule has 5 rings (SSSR count). The van der Waals surface area contributed by atoms with Crippen molar-refractivity contribution in [3.63, 3.8) is 0 Å². The molecule has 8 heteroatoms. The van der Waals surface area contributed by atoms with Crippen molar-refractivity contribution in [2.24, 2.45) is 0 Å². The highest BCUT2D eigenvalue weighted by atomic mass is 32.2. The van der Waals surface area contributed by atoms with Crippen LogP contribution in [-0.4, -0.2) is 50.1 Å². The summed E-state index contributed by atoms with van der Waals surface area (Å²) >= 11 is 0. The van der Waals surface area contributed by atoms with E-state index in [9.17, 15) is 13.2 Å². The third-order valence-corrected chi connectivity index (χ3v) is 9.85. The maximum absolute atomic E-state index is 13.7. The summed E-state index contributed by atoms with van der Waals surface area (Å²) in [5.41, 5.74) is 4.57. The molecule has 1 aliphatic heterocycles. The van der Waals surface area contributed by atoms with Gasteiger partial charge in [0.1, 0.15) is 17.1 Å². The maximum atomic E-state index is 13.7. The fourth-order valence-electron chi connectivity index (χ4n) is 5.38. The minimum absolute atomic E-state index is 0.0104. The second kappa shape index (κ2) is 11.2. The van der Waals surface area contributed by atoms with Gasteiger partial charge in [-0.3, -0.25) is 14.7 Å². The van der Waals surface area contributed by atoms with Crippen molar-refractivity contribution < 1.29 is 17.9 Å². The number of rotatable bonds is 8. The van der Waals surface area contributed by atoms with Crippen LogP contribution in [0.3, 0.4) is 0 Å². The van der Waals surface area contributed by atoms with E-state index in [2.05, 4.69) is 15.2 Å². The highest BCUT2D eigenvalue weighted by Gasteiger charge is 2.50. The standard InChI is InChI=1S/C31H33N3O4S/c1-23-18-25(28-10-6-7-11-29(28)33-23)21-38-27-14-12-26(13-15-27)31(19-30(35)32-2)22-34(16-17-39(31,36)37)20-24-8-4-3-5-9-24/h3-15,18H,16-17,19-22H2,1-2H3,(H,32,35). The number of pyridine rings is 1. The molecule has 39 heavy (non-hydrogen) atoms. The summed E-state index contributed by atoms with van der Waals surface area (Å²) in [5, 5.41) is 3.66. The van der Waals surface area contributed by atoms with Crippen LogP contribution in [0.15, 0.2) is 84.9 Å². The Kier molecular flexibility index (Phi) is 7.68. The van der Waals surface area contributed by atoms with E-state index in [1.165, 1.54) is 7.05 Å². The molecule has 1 N–H and O–H groups in total. The molecule has 1 atom stereocenters. The Balaban J connectivity index is 1.42. The zero-order valence-electron chi connectivity index (χ0n) is 22.3. The number of ether oxygens (including phenoxy) is 1. The molecule has 202 valence electrons.